The molecule has 28 heavy (non-hydrogen) atoms. The monoisotopic (exact) mass is 416 g/mol. The normalized spacial score (nSPS) is 12.7. The third kappa shape index (κ3) is 4.15. The van der Waals surface area contributed by atoms with Crippen LogP contribution >= 0.6 is 10.3 Å². The van der Waals surface area contributed by atoms with Gasteiger partial charge < -0.3 is 0 Å². The van der Waals surface area contributed by atoms with Gasteiger partial charge in [0.05, 0.1) is 7.11 Å². The standard InChI is InChI=1S/C22H24O4S2/c1-17-5-11-20(12-6-17)27(26-28(23,24)25-4,21-13-7-18(2)8-14-21)22-15-9-19(3)10-16-22/h5-16H,1-4H3. The lowest BCUT2D eigenvalue weighted by molar-refractivity contribution is 0.339. The molecule has 4 nitrogen and oxygen atoms in total. The van der Waals surface area contributed by atoms with Gasteiger partial charge in [-0.3, -0.25) is 4.18 Å². The van der Waals surface area contributed by atoms with E-state index in [1.54, 1.807) is 0 Å². The van der Waals surface area contributed by atoms with Crippen molar-refractivity contribution in [1.29, 1.82) is 0 Å². The Morgan fingerprint density at radius 1 is 0.571 bits per heavy atom. The Balaban J connectivity index is 2.37. The molecule has 0 bridgehead atoms. The second-order valence-corrected chi connectivity index (χ2v) is 10.9. The maximum Gasteiger partial charge on any atom is 0.409 e. The lowest BCUT2D eigenvalue weighted by Gasteiger charge is -2.39. The molecule has 0 atom stereocenters. The van der Waals surface area contributed by atoms with Crippen LogP contribution in [0.1, 0.15) is 16.7 Å². The summed E-state index contributed by atoms with van der Waals surface area (Å²) in [5.74, 6) is 0. The van der Waals surface area contributed by atoms with Crippen molar-refractivity contribution in [2.24, 2.45) is 0 Å². The van der Waals surface area contributed by atoms with Crippen LogP contribution in [0.4, 0.5) is 0 Å². The fourth-order valence-electron chi connectivity index (χ4n) is 2.87. The zero-order valence-electron chi connectivity index (χ0n) is 16.4. The number of aryl methyl sites for hydroxylation is 3. The molecule has 0 fully saturated rings. The molecule has 0 unspecified atom stereocenters. The zero-order valence-corrected chi connectivity index (χ0v) is 18.0. The minimum absolute atomic E-state index is 0.784. The molecule has 0 radical (unpaired) electrons. The number of benzene rings is 3. The van der Waals surface area contributed by atoms with E-state index in [-0.39, 0.29) is 0 Å². The molecule has 0 saturated heterocycles. The van der Waals surface area contributed by atoms with Gasteiger partial charge in [0.2, 0.25) is 0 Å². The Morgan fingerprint density at radius 2 is 0.857 bits per heavy atom. The molecule has 148 valence electrons. The average Bonchev–Trinajstić information content (AvgIpc) is 2.68. The summed E-state index contributed by atoms with van der Waals surface area (Å²) in [6.45, 7) is 5.97. The first-order valence-electron chi connectivity index (χ1n) is 8.82. The molecule has 0 aromatic heterocycles. The lowest BCUT2D eigenvalue weighted by Crippen LogP contribution is -2.15. The minimum Gasteiger partial charge on any atom is -0.251 e. The molecule has 0 heterocycles. The molecule has 6 heteroatoms. The molecule has 0 aliphatic heterocycles. The Hall–Kier alpha value is -2.12. The highest BCUT2D eigenvalue weighted by molar-refractivity contribution is 8.32. The van der Waals surface area contributed by atoms with Gasteiger partial charge in [-0.1, -0.05) is 53.1 Å². The summed E-state index contributed by atoms with van der Waals surface area (Å²) < 4.78 is 35.6. The van der Waals surface area contributed by atoms with E-state index in [1.165, 1.54) is 0 Å². The van der Waals surface area contributed by atoms with Crippen LogP contribution in [0.5, 0.6) is 0 Å². The number of hydrogen-bond acceptors (Lipinski definition) is 4. The van der Waals surface area contributed by atoms with Crippen molar-refractivity contribution >= 4 is 20.7 Å². The summed E-state index contributed by atoms with van der Waals surface area (Å²) in [5, 5.41) is 0. The SMILES string of the molecule is COS(=O)(=O)OS(c1ccc(C)cc1)(c1ccc(C)cc1)c1ccc(C)cc1. The molecular weight excluding hydrogens is 392 g/mol. The van der Waals surface area contributed by atoms with Gasteiger partial charge in [-0.05, 0) is 67.5 Å². The Morgan fingerprint density at radius 3 is 1.11 bits per heavy atom. The quantitative estimate of drug-likeness (QED) is 0.516. The molecule has 3 aromatic carbocycles. The third-order valence-corrected chi connectivity index (χ3v) is 9.15. The number of rotatable bonds is 6. The van der Waals surface area contributed by atoms with E-state index in [0.717, 1.165) is 38.5 Å². The van der Waals surface area contributed by atoms with E-state index in [2.05, 4.69) is 0 Å². The Labute approximate surface area is 169 Å². The highest BCUT2D eigenvalue weighted by atomic mass is 32.3. The van der Waals surface area contributed by atoms with Crippen LogP contribution in [0.25, 0.3) is 0 Å². The maximum atomic E-state index is 12.5. The van der Waals surface area contributed by atoms with E-state index in [0.29, 0.717) is 0 Å². The molecule has 0 aliphatic carbocycles. The summed E-state index contributed by atoms with van der Waals surface area (Å²) in [6, 6.07) is 23.3. The first-order chi connectivity index (χ1) is 13.3. The predicted molar refractivity (Wildman–Crippen MR) is 113 cm³/mol. The molecule has 0 N–H and O–H groups in total. The van der Waals surface area contributed by atoms with Crippen LogP contribution in [0.2, 0.25) is 0 Å². The van der Waals surface area contributed by atoms with Gasteiger partial charge in [0.15, 0.2) is 0 Å². The fourth-order valence-corrected chi connectivity index (χ4v) is 7.41. The van der Waals surface area contributed by atoms with Crippen LogP contribution in [-0.4, -0.2) is 15.5 Å². The molecule has 0 spiro atoms. The van der Waals surface area contributed by atoms with Crippen LogP contribution in [0.15, 0.2) is 87.5 Å². The molecule has 0 aliphatic rings. The van der Waals surface area contributed by atoms with Gasteiger partial charge in [0.1, 0.15) is 0 Å². The van der Waals surface area contributed by atoms with E-state index in [4.69, 9.17) is 7.81 Å². The van der Waals surface area contributed by atoms with Crippen LogP contribution in [-0.2, 0) is 18.2 Å². The molecule has 3 rings (SSSR count). The third-order valence-electron chi connectivity index (χ3n) is 4.45. The summed E-state index contributed by atoms with van der Waals surface area (Å²) >= 11 is 0. The fraction of sp³-hybridized carbons (Fsp3) is 0.182. The Kier molecular flexibility index (Phi) is 5.95. The van der Waals surface area contributed by atoms with Gasteiger partial charge in [-0.25, -0.2) is 0 Å². The van der Waals surface area contributed by atoms with Crippen LogP contribution in [0.3, 0.4) is 0 Å². The van der Waals surface area contributed by atoms with E-state index in [9.17, 15) is 8.42 Å². The molecule has 3 aromatic rings. The van der Waals surface area contributed by atoms with Crippen molar-refractivity contribution < 1.29 is 16.2 Å². The lowest BCUT2D eigenvalue weighted by atomic mass is 10.2. The molecule has 0 amide bonds. The summed E-state index contributed by atoms with van der Waals surface area (Å²) in [7, 11) is -5.67. The summed E-state index contributed by atoms with van der Waals surface area (Å²) in [5.41, 5.74) is 3.25. The van der Waals surface area contributed by atoms with Gasteiger partial charge in [0.25, 0.3) is 0 Å². The highest BCUT2D eigenvalue weighted by Crippen LogP contribution is 2.70. The second-order valence-electron chi connectivity index (χ2n) is 6.64. The smallest absolute Gasteiger partial charge is 0.251 e. The Bertz CT molecular complexity index is 928. The van der Waals surface area contributed by atoms with Crippen molar-refractivity contribution in [2.75, 3.05) is 7.11 Å². The second kappa shape index (κ2) is 8.09. The maximum absolute atomic E-state index is 12.5. The van der Waals surface area contributed by atoms with Crippen molar-refractivity contribution in [3.63, 3.8) is 0 Å². The largest absolute Gasteiger partial charge is 0.409 e. The average molecular weight is 417 g/mol. The summed E-state index contributed by atoms with van der Waals surface area (Å²) in [6.07, 6.45) is 0. The van der Waals surface area contributed by atoms with E-state index < -0.39 is 20.7 Å². The van der Waals surface area contributed by atoms with Crippen molar-refractivity contribution in [2.45, 2.75) is 35.5 Å². The zero-order chi connectivity index (χ0) is 20.4. The topological polar surface area (TPSA) is 52.6 Å². The van der Waals surface area contributed by atoms with Crippen LogP contribution < -0.4 is 0 Å². The highest BCUT2D eigenvalue weighted by Gasteiger charge is 2.37. The van der Waals surface area contributed by atoms with Crippen molar-refractivity contribution in [3.8, 4) is 0 Å². The van der Waals surface area contributed by atoms with E-state index in [1.807, 2.05) is 93.6 Å². The van der Waals surface area contributed by atoms with Gasteiger partial charge in [-0.2, -0.15) is 12.0 Å². The van der Waals surface area contributed by atoms with E-state index >= 15 is 0 Å². The first-order valence-corrected chi connectivity index (χ1v) is 11.7. The molecule has 0 saturated carbocycles. The summed E-state index contributed by atoms with van der Waals surface area (Å²) in [4.78, 5) is 2.35. The van der Waals surface area contributed by atoms with Gasteiger partial charge in [0, 0.05) is 14.7 Å². The van der Waals surface area contributed by atoms with Crippen molar-refractivity contribution in [3.05, 3.63) is 89.5 Å². The molecular formula is C22H24O4S2. The first kappa shape index (κ1) is 20.6. The number of hydrogen-bond donors (Lipinski definition) is 0. The predicted octanol–water partition coefficient (Wildman–Crippen LogP) is 5.72. The van der Waals surface area contributed by atoms with Crippen molar-refractivity contribution in [1.82, 2.24) is 0 Å². The van der Waals surface area contributed by atoms with Crippen LogP contribution in [0, 0.1) is 20.8 Å². The van der Waals surface area contributed by atoms with Gasteiger partial charge in [-0.15, -0.1) is 0 Å². The van der Waals surface area contributed by atoms with Gasteiger partial charge >= 0.3 is 10.4 Å². The minimum atomic E-state index is -4.21.